The highest BCUT2D eigenvalue weighted by atomic mass is 19.1. The van der Waals surface area contributed by atoms with Crippen molar-refractivity contribution in [3.8, 4) is 22.9 Å². The lowest BCUT2D eigenvalue weighted by atomic mass is 9.92. The Balaban J connectivity index is 1.30. The topological polar surface area (TPSA) is 73.8 Å². The van der Waals surface area contributed by atoms with E-state index in [1.807, 2.05) is 4.90 Å². The molecule has 4 aromatic rings. The van der Waals surface area contributed by atoms with Crippen molar-refractivity contribution in [2.45, 2.75) is 69.2 Å². The van der Waals surface area contributed by atoms with Gasteiger partial charge in [-0.1, -0.05) is 13.0 Å². The van der Waals surface area contributed by atoms with Gasteiger partial charge in [0, 0.05) is 43.7 Å². The molecular weight excluding hydrogens is 586 g/mol. The van der Waals surface area contributed by atoms with E-state index in [1.165, 1.54) is 24.3 Å². The number of benzene rings is 3. The summed E-state index contributed by atoms with van der Waals surface area (Å²) in [4.78, 5) is 13.2. The summed E-state index contributed by atoms with van der Waals surface area (Å²) in [6, 6.07) is 7.05. The van der Waals surface area contributed by atoms with Crippen molar-refractivity contribution in [2.24, 2.45) is 0 Å². The Morgan fingerprint density at radius 3 is 2.58 bits per heavy atom. The second kappa shape index (κ2) is 10.7. The lowest BCUT2D eigenvalue weighted by Gasteiger charge is -2.34. The fourth-order valence-corrected chi connectivity index (χ4v) is 8.36. The first-order valence-electron chi connectivity index (χ1n) is 15.9. The highest BCUT2D eigenvalue weighted by molar-refractivity contribution is 6.03. The standard InChI is InChI=1S/C34H35F4N5O2/c1-2-23-26(36)7-4-18-10-22(44)11-24(28(18)23)25-12-27(37)29-31(30(25)38)40-33(41-32(29)42-15-20-5-6-21(16-42)39-20)45-17-34-8-3-9-43(34)14-19(35)13-34/h4,7,10-12,19-21,39,44H,2-3,5-6,8-9,13-17H2,1H3/t19-,20-,21+,34+/m1/s1. The molecule has 0 radical (unpaired) electrons. The molecule has 8 rings (SSSR count). The second-order valence-electron chi connectivity index (χ2n) is 13.2. The highest BCUT2D eigenvalue weighted by Gasteiger charge is 2.49. The zero-order chi connectivity index (χ0) is 31.0. The number of halogens is 4. The van der Waals surface area contributed by atoms with Gasteiger partial charge in [-0.05, 0) is 84.8 Å². The zero-order valence-corrected chi connectivity index (χ0v) is 25.1. The Bertz CT molecular complexity index is 1830. The molecule has 236 valence electrons. The predicted molar refractivity (Wildman–Crippen MR) is 164 cm³/mol. The number of aromatic hydroxyl groups is 1. The van der Waals surface area contributed by atoms with Gasteiger partial charge in [0.25, 0.3) is 0 Å². The molecule has 2 bridgehead atoms. The maximum atomic E-state index is 16.9. The number of phenolic OH excluding ortho intramolecular Hbond substituents is 1. The SMILES string of the molecule is CCc1c(F)ccc2cc(O)cc(-c3cc(F)c4c(N5C[C@H]6CC[C@@H](C5)N6)nc(OC[C@@]56CCCN5C[C@H](F)C6)nc4c3F)c12. The average Bonchev–Trinajstić information content (AvgIpc) is 3.67. The number of phenols is 1. The van der Waals surface area contributed by atoms with Gasteiger partial charge in [0.1, 0.15) is 41.5 Å². The summed E-state index contributed by atoms with van der Waals surface area (Å²) in [6.45, 7) is 4.23. The van der Waals surface area contributed by atoms with Gasteiger partial charge in [-0.25, -0.2) is 17.6 Å². The van der Waals surface area contributed by atoms with Crippen LogP contribution in [0.25, 0.3) is 32.8 Å². The Kier molecular flexibility index (Phi) is 6.83. The van der Waals surface area contributed by atoms with Crippen LogP contribution in [0.4, 0.5) is 23.4 Å². The van der Waals surface area contributed by atoms with E-state index in [2.05, 4.69) is 20.2 Å². The molecule has 4 saturated heterocycles. The highest BCUT2D eigenvalue weighted by Crippen LogP contribution is 2.43. The molecule has 3 aromatic carbocycles. The Morgan fingerprint density at radius 1 is 1.00 bits per heavy atom. The molecule has 7 nitrogen and oxygen atoms in total. The number of anilines is 1. The third kappa shape index (κ3) is 4.69. The van der Waals surface area contributed by atoms with Crippen LogP contribution in [-0.2, 0) is 6.42 Å². The second-order valence-corrected chi connectivity index (χ2v) is 13.2. The summed E-state index contributed by atoms with van der Waals surface area (Å²) in [5.74, 6) is -1.90. The van der Waals surface area contributed by atoms with Crippen LogP contribution in [0.15, 0.2) is 30.3 Å². The molecule has 0 unspecified atom stereocenters. The number of nitrogens with one attached hydrogen (secondary N) is 1. The molecule has 11 heteroatoms. The molecule has 0 spiro atoms. The summed E-state index contributed by atoms with van der Waals surface area (Å²) >= 11 is 0. The third-order valence-corrected chi connectivity index (χ3v) is 10.4. The van der Waals surface area contributed by atoms with Crippen molar-refractivity contribution < 1.29 is 27.4 Å². The van der Waals surface area contributed by atoms with Crippen LogP contribution < -0.4 is 15.0 Å². The van der Waals surface area contributed by atoms with E-state index in [0.717, 1.165) is 38.3 Å². The number of rotatable bonds is 6. The minimum Gasteiger partial charge on any atom is -0.508 e. The number of aryl methyl sites for hydroxylation is 1. The average molecular weight is 622 g/mol. The van der Waals surface area contributed by atoms with Crippen LogP contribution in [0.5, 0.6) is 11.8 Å². The Morgan fingerprint density at radius 2 is 1.80 bits per heavy atom. The third-order valence-electron chi connectivity index (χ3n) is 10.4. The van der Waals surface area contributed by atoms with Gasteiger partial charge in [0.05, 0.1) is 10.9 Å². The van der Waals surface area contributed by atoms with Crippen molar-refractivity contribution in [1.82, 2.24) is 20.2 Å². The smallest absolute Gasteiger partial charge is 0.319 e. The number of nitrogens with zero attached hydrogens (tertiary/aromatic N) is 4. The van der Waals surface area contributed by atoms with Crippen LogP contribution in [0, 0.1) is 17.5 Å². The number of aromatic nitrogens is 2. The molecule has 0 aliphatic carbocycles. The molecule has 45 heavy (non-hydrogen) atoms. The largest absolute Gasteiger partial charge is 0.508 e. The van der Waals surface area contributed by atoms with Gasteiger partial charge in [0.2, 0.25) is 0 Å². The van der Waals surface area contributed by atoms with Crippen molar-refractivity contribution in [1.29, 1.82) is 0 Å². The number of fused-ring (bicyclic) bond motifs is 5. The molecular formula is C34H35F4N5O2. The number of alkyl halides is 1. The number of hydrogen-bond donors (Lipinski definition) is 2. The first-order chi connectivity index (χ1) is 21.7. The predicted octanol–water partition coefficient (Wildman–Crippen LogP) is 6.03. The molecule has 4 aliphatic rings. The number of piperazine rings is 1. The quantitative estimate of drug-likeness (QED) is 0.255. The molecule has 2 N–H and O–H groups in total. The Hall–Kier alpha value is -3.70. The van der Waals surface area contributed by atoms with Gasteiger partial charge in [0.15, 0.2) is 5.82 Å². The first-order valence-corrected chi connectivity index (χ1v) is 15.9. The summed E-state index contributed by atoms with van der Waals surface area (Å²) in [5.41, 5.74) is -0.359. The van der Waals surface area contributed by atoms with Crippen molar-refractivity contribution in [3.05, 3.63) is 53.3 Å². The minimum absolute atomic E-state index is 0.0541. The van der Waals surface area contributed by atoms with Gasteiger partial charge in [-0.3, -0.25) is 4.90 Å². The number of ether oxygens (including phenoxy) is 1. The molecule has 4 aliphatic heterocycles. The lowest BCUT2D eigenvalue weighted by Crippen LogP contribution is -2.51. The number of hydrogen-bond acceptors (Lipinski definition) is 7. The molecule has 4 atom stereocenters. The summed E-state index contributed by atoms with van der Waals surface area (Å²) in [7, 11) is 0. The lowest BCUT2D eigenvalue weighted by molar-refractivity contribution is 0.107. The van der Waals surface area contributed by atoms with Crippen LogP contribution in [0.3, 0.4) is 0 Å². The molecule has 0 saturated carbocycles. The van der Waals surface area contributed by atoms with E-state index in [-0.39, 0.29) is 58.3 Å². The van der Waals surface area contributed by atoms with Crippen molar-refractivity contribution in [3.63, 3.8) is 0 Å². The van der Waals surface area contributed by atoms with Crippen LogP contribution >= 0.6 is 0 Å². The van der Waals surface area contributed by atoms with E-state index < -0.39 is 29.2 Å². The van der Waals surface area contributed by atoms with Gasteiger partial charge in [-0.15, -0.1) is 0 Å². The van der Waals surface area contributed by atoms with Crippen molar-refractivity contribution in [2.75, 3.05) is 37.7 Å². The summed E-state index contributed by atoms with van der Waals surface area (Å²) in [5, 5.41) is 15.0. The first kappa shape index (κ1) is 28.8. The van der Waals surface area contributed by atoms with Crippen LogP contribution in [-0.4, -0.2) is 76.6 Å². The Labute approximate surface area is 258 Å². The minimum atomic E-state index is -0.942. The van der Waals surface area contributed by atoms with E-state index in [9.17, 15) is 13.9 Å². The van der Waals surface area contributed by atoms with Crippen LogP contribution in [0.1, 0.15) is 44.6 Å². The maximum Gasteiger partial charge on any atom is 0.319 e. The van der Waals surface area contributed by atoms with Gasteiger partial charge < -0.3 is 20.1 Å². The van der Waals surface area contributed by atoms with E-state index >= 15 is 8.78 Å². The normalized spacial score (nSPS) is 26.3. The summed E-state index contributed by atoms with van der Waals surface area (Å²) in [6.07, 6.45) is 3.40. The van der Waals surface area contributed by atoms with Crippen molar-refractivity contribution >= 4 is 27.5 Å². The summed E-state index contributed by atoms with van der Waals surface area (Å²) < 4.78 is 68.8. The monoisotopic (exact) mass is 621 g/mol. The molecule has 1 aromatic heterocycles. The van der Waals surface area contributed by atoms with Gasteiger partial charge in [-0.2, -0.15) is 9.97 Å². The molecule has 5 heterocycles. The van der Waals surface area contributed by atoms with E-state index in [1.54, 1.807) is 6.92 Å². The zero-order valence-electron chi connectivity index (χ0n) is 25.1. The van der Waals surface area contributed by atoms with Gasteiger partial charge >= 0.3 is 6.01 Å². The van der Waals surface area contributed by atoms with E-state index in [4.69, 9.17) is 4.74 Å². The fraction of sp³-hybridized carbons (Fsp3) is 0.471. The fourth-order valence-electron chi connectivity index (χ4n) is 8.36. The van der Waals surface area contributed by atoms with E-state index in [0.29, 0.717) is 48.8 Å². The molecule has 0 amide bonds. The maximum absolute atomic E-state index is 16.9. The van der Waals surface area contributed by atoms with Crippen LogP contribution in [0.2, 0.25) is 0 Å². The molecule has 4 fully saturated rings.